The molecule has 0 aliphatic carbocycles. The van der Waals surface area contributed by atoms with Crippen LogP contribution in [0.15, 0.2) is 53.4 Å². The number of benzene rings is 2. The van der Waals surface area contributed by atoms with E-state index in [0.29, 0.717) is 25.3 Å². The predicted octanol–water partition coefficient (Wildman–Crippen LogP) is 3.55. The van der Waals surface area contributed by atoms with Crippen LogP contribution in [0.2, 0.25) is 0 Å². The maximum absolute atomic E-state index is 12.9. The van der Waals surface area contributed by atoms with E-state index in [1.807, 2.05) is 31.2 Å². The molecule has 0 saturated carbocycles. The average Bonchev–Trinajstić information content (AvgIpc) is 2.98. The van der Waals surface area contributed by atoms with Gasteiger partial charge in [0.05, 0.1) is 10.8 Å². The third kappa shape index (κ3) is 4.71. The minimum atomic E-state index is -3.53. The van der Waals surface area contributed by atoms with Crippen LogP contribution in [0.1, 0.15) is 37.7 Å². The van der Waals surface area contributed by atoms with Gasteiger partial charge in [0.1, 0.15) is 0 Å². The largest absolute Gasteiger partial charge is 0.326 e. The molecule has 0 aromatic heterocycles. The fourth-order valence-corrected chi connectivity index (χ4v) is 5.89. The molecule has 0 unspecified atom stereocenters. The van der Waals surface area contributed by atoms with Crippen LogP contribution in [0, 0.1) is 12.8 Å². The lowest BCUT2D eigenvalue weighted by molar-refractivity contribution is -0.122. The number of carbonyl (C=O) groups excluding carboxylic acids is 2. The van der Waals surface area contributed by atoms with Gasteiger partial charge >= 0.3 is 0 Å². The highest BCUT2D eigenvalue weighted by molar-refractivity contribution is 7.89. The van der Waals surface area contributed by atoms with Gasteiger partial charge < -0.3 is 10.2 Å². The molecule has 170 valence electrons. The van der Waals surface area contributed by atoms with Crippen molar-refractivity contribution in [3.05, 3.63) is 54.1 Å². The fraction of sp³-hybridized carbons (Fsp3) is 0.417. The quantitative estimate of drug-likeness (QED) is 0.747. The smallest absolute Gasteiger partial charge is 0.243 e. The number of anilines is 2. The Labute approximate surface area is 189 Å². The molecule has 2 heterocycles. The molecular formula is C24H29N3O4S. The number of carbonyl (C=O) groups is 2. The molecule has 0 radical (unpaired) electrons. The topological polar surface area (TPSA) is 86.8 Å². The Kier molecular flexibility index (Phi) is 6.62. The highest BCUT2D eigenvalue weighted by atomic mass is 32.2. The normalized spacial score (nSPS) is 20.2. The van der Waals surface area contributed by atoms with E-state index in [9.17, 15) is 18.0 Å². The van der Waals surface area contributed by atoms with Crippen molar-refractivity contribution in [1.29, 1.82) is 0 Å². The Morgan fingerprint density at radius 3 is 2.28 bits per heavy atom. The second-order valence-corrected chi connectivity index (χ2v) is 10.5. The number of hydrogen-bond donors (Lipinski definition) is 1. The summed E-state index contributed by atoms with van der Waals surface area (Å²) in [6.45, 7) is 3.37. The Hall–Kier alpha value is -2.71. The highest BCUT2D eigenvalue weighted by Crippen LogP contribution is 2.29. The molecule has 1 atom stereocenters. The van der Waals surface area contributed by atoms with Gasteiger partial charge in [-0.1, -0.05) is 31.0 Å². The number of nitrogens with zero attached hydrogens (tertiary/aromatic N) is 2. The molecular weight excluding hydrogens is 426 g/mol. The molecule has 8 heteroatoms. The van der Waals surface area contributed by atoms with Gasteiger partial charge in [-0.2, -0.15) is 4.31 Å². The molecule has 2 aliphatic rings. The van der Waals surface area contributed by atoms with Crippen LogP contribution in [0.3, 0.4) is 0 Å². The van der Waals surface area contributed by atoms with Gasteiger partial charge in [-0.3, -0.25) is 9.59 Å². The molecule has 1 N–H and O–H groups in total. The van der Waals surface area contributed by atoms with Crippen molar-refractivity contribution in [2.24, 2.45) is 5.92 Å². The van der Waals surface area contributed by atoms with Crippen LogP contribution in [-0.2, 0) is 19.6 Å². The van der Waals surface area contributed by atoms with Crippen molar-refractivity contribution >= 4 is 33.2 Å². The number of rotatable bonds is 5. The lowest BCUT2D eigenvalue weighted by Gasteiger charge is -2.20. The SMILES string of the molecule is Cc1ccccc1N1C[C@H](C(=O)Nc2ccc(S(=O)(=O)N3CCCCCC3)cc2)CC1=O. The highest BCUT2D eigenvalue weighted by Gasteiger charge is 2.35. The molecule has 2 saturated heterocycles. The van der Waals surface area contributed by atoms with Crippen LogP contribution in [0.25, 0.3) is 0 Å². The summed E-state index contributed by atoms with van der Waals surface area (Å²) in [7, 11) is -3.53. The van der Waals surface area contributed by atoms with Gasteiger partial charge in [-0.15, -0.1) is 0 Å². The summed E-state index contributed by atoms with van der Waals surface area (Å²) < 4.78 is 27.4. The molecule has 2 aliphatic heterocycles. The summed E-state index contributed by atoms with van der Waals surface area (Å²) in [6, 6.07) is 13.9. The third-order valence-corrected chi connectivity index (χ3v) is 8.14. The molecule has 2 aromatic rings. The molecule has 0 bridgehead atoms. The van der Waals surface area contributed by atoms with Gasteiger partial charge in [0.15, 0.2) is 0 Å². The molecule has 2 aromatic carbocycles. The second-order valence-electron chi connectivity index (χ2n) is 8.52. The molecule has 0 spiro atoms. The van der Waals surface area contributed by atoms with E-state index >= 15 is 0 Å². The molecule has 4 rings (SSSR count). The standard InChI is InChI=1S/C24H29N3O4S/c1-18-8-4-5-9-22(18)27-17-19(16-23(27)28)24(29)25-20-10-12-21(13-11-20)32(30,31)26-14-6-2-3-7-15-26/h4-5,8-13,19H,2-3,6-7,14-17H2,1H3,(H,25,29)/t19-/m1/s1. The van der Waals surface area contributed by atoms with Crippen LogP contribution in [-0.4, -0.2) is 44.2 Å². The van der Waals surface area contributed by atoms with E-state index in [1.54, 1.807) is 21.3 Å². The summed E-state index contributed by atoms with van der Waals surface area (Å²) in [5.41, 5.74) is 2.34. The Bertz CT molecular complexity index is 1090. The lowest BCUT2D eigenvalue weighted by Crippen LogP contribution is -2.32. The van der Waals surface area contributed by atoms with E-state index in [2.05, 4.69) is 5.32 Å². The maximum Gasteiger partial charge on any atom is 0.243 e. The number of aryl methyl sites for hydroxylation is 1. The van der Waals surface area contributed by atoms with Crippen LogP contribution < -0.4 is 10.2 Å². The van der Waals surface area contributed by atoms with Crippen molar-refractivity contribution < 1.29 is 18.0 Å². The zero-order valence-corrected chi connectivity index (χ0v) is 19.1. The minimum absolute atomic E-state index is 0.0710. The average molecular weight is 456 g/mol. The van der Waals surface area contributed by atoms with Gasteiger partial charge in [0, 0.05) is 37.4 Å². The first-order chi connectivity index (χ1) is 15.4. The zero-order chi connectivity index (χ0) is 22.7. The monoisotopic (exact) mass is 455 g/mol. The van der Waals surface area contributed by atoms with Crippen molar-refractivity contribution in [2.75, 3.05) is 29.9 Å². The Morgan fingerprint density at radius 2 is 1.62 bits per heavy atom. The summed E-state index contributed by atoms with van der Waals surface area (Å²) in [6.07, 6.45) is 4.03. The Balaban J connectivity index is 1.41. The van der Waals surface area contributed by atoms with Crippen molar-refractivity contribution in [1.82, 2.24) is 4.31 Å². The molecule has 7 nitrogen and oxygen atoms in total. The number of amides is 2. The van der Waals surface area contributed by atoms with Gasteiger partial charge in [0.25, 0.3) is 0 Å². The molecule has 2 fully saturated rings. The predicted molar refractivity (Wildman–Crippen MR) is 124 cm³/mol. The molecule has 32 heavy (non-hydrogen) atoms. The summed E-state index contributed by atoms with van der Waals surface area (Å²) in [4.78, 5) is 27.2. The number of sulfonamides is 1. The van der Waals surface area contributed by atoms with Crippen molar-refractivity contribution in [2.45, 2.75) is 43.9 Å². The van der Waals surface area contributed by atoms with Crippen LogP contribution in [0.5, 0.6) is 0 Å². The number of para-hydroxylation sites is 1. The van der Waals surface area contributed by atoms with Crippen LogP contribution in [0.4, 0.5) is 11.4 Å². The first-order valence-corrected chi connectivity index (χ1v) is 12.6. The van der Waals surface area contributed by atoms with E-state index in [0.717, 1.165) is 36.9 Å². The van der Waals surface area contributed by atoms with Gasteiger partial charge in [-0.05, 0) is 55.7 Å². The number of hydrogen-bond acceptors (Lipinski definition) is 4. The van der Waals surface area contributed by atoms with E-state index in [1.165, 1.54) is 12.1 Å². The third-order valence-electron chi connectivity index (χ3n) is 6.23. The van der Waals surface area contributed by atoms with Crippen molar-refractivity contribution in [3.63, 3.8) is 0 Å². The van der Waals surface area contributed by atoms with Gasteiger partial charge in [0.2, 0.25) is 21.8 Å². The van der Waals surface area contributed by atoms with E-state index < -0.39 is 15.9 Å². The summed E-state index contributed by atoms with van der Waals surface area (Å²) in [5, 5.41) is 2.83. The maximum atomic E-state index is 12.9. The van der Waals surface area contributed by atoms with E-state index in [4.69, 9.17) is 0 Å². The second kappa shape index (κ2) is 9.42. The van der Waals surface area contributed by atoms with E-state index in [-0.39, 0.29) is 23.1 Å². The summed E-state index contributed by atoms with van der Waals surface area (Å²) >= 11 is 0. The lowest BCUT2D eigenvalue weighted by atomic mass is 10.1. The molecule has 2 amide bonds. The van der Waals surface area contributed by atoms with Gasteiger partial charge in [-0.25, -0.2) is 8.42 Å². The number of nitrogens with one attached hydrogen (secondary N) is 1. The van der Waals surface area contributed by atoms with Crippen LogP contribution >= 0.6 is 0 Å². The minimum Gasteiger partial charge on any atom is -0.326 e. The Morgan fingerprint density at radius 1 is 0.969 bits per heavy atom. The summed E-state index contributed by atoms with van der Waals surface area (Å²) in [5.74, 6) is -0.765. The van der Waals surface area contributed by atoms with Crippen molar-refractivity contribution in [3.8, 4) is 0 Å². The first-order valence-electron chi connectivity index (χ1n) is 11.1. The zero-order valence-electron chi connectivity index (χ0n) is 18.3. The first kappa shape index (κ1) is 22.5. The fourth-order valence-electron chi connectivity index (χ4n) is 4.37.